The van der Waals surface area contributed by atoms with E-state index in [1.807, 2.05) is 0 Å². The van der Waals surface area contributed by atoms with Crippen molar-refractivity contribution in [3.05, 3.63) is 0 Å². The number of rotatable bonds is 4. The molecule has 0 aromatic rings. The third-order valence-electron chi connectivity index (χ3n) is 1.80. The lowest BCUT2D eigenvalue weighted by Gasteiger charge is -2.18. The van der Waals surface area contributed by atoms with Crippen LogP contribution in [0.5, 0.6) is 0 Å². The minimum absolute atomic E-state index is 0.0160. The van der Waals surface area contributed by atoms with Crippen molar-refractivity contribution in [2.45, 2.75) is 26.8 Å². The molecule has 0 aliphatic rings. The Hall–Kier alpha value is -1.26. The Balaban J connectivity index is 4.11. The van der Waals surface area contributed by atoms with Gasteiger partial charge in [0.25, 0.3) is 0 Å². The van der Waals surface area contributed by atoms with Gasteiger partial charge in [-0.15, -0.1) is 0 Å². The fourth-order valence-electron chi connectivity index (χ4n) is 0.997. The molecule has 3 N–H and O–H groups in total. The smallest absolute Gasteiger partial charge is 0.244 e. The summed E-state index contributed by atoms with van der Waals surface area (Å²) in [5.74, 6) is 0.773. The number of amides is 1. The summed E-state index contributed by atoms with van der Waals surface area (Å²) in [7, 11) is 3.42. The Kier molecular flexibility index (Phi) is 5.74. The van der Waals surface area contributed by atoms with E-state index in [1.165, 1.54) is 4.90 Å². The van der Waals surface area contributed by atoms with Gasteiger partial charge in [-0.05, 0) is 12.8 Å². The highest BCUT2D eigenvalue weighted by atomic mass is 16.2. The molecule has 0 radical (unpaired) electrons. The van der Waals surface area contributed by atoms with Gasteiger partial charge in [0.15, 0.2) is 5.96 Å². The second kappa shape index (κ2) is 6.27. The van der Waals surface area contributed by atoms with Crippen molar-refractivity contribution in [2.24, 2.45) is 16.6 Å². The second-order valence-corrected chi connectivity index (χ2v) is 4.22. The first kappa shape index (κ1) is 13.7. The maximum atomic E-state index is 11.5. The van der Waals surface area contributed by atoms with Crippen LogP contribution in [-0.4, -0.2) is 43.4 Å². The van der Waals surface area contributed by atoms with E-state index >= 15 is 0 Å². The van der Waals surface area contributed by atoms with Crippen LogP contribution in [0.1, 0.15) is 20.8 Å². The third kappa shape index (κ3) is 5.93. The van der Waals surface area contributed by atoms with Crippen molar-refractivity contribution in [1.82, 2.24) is 10.2 Å². The molecule has 0 aliphatic heterocycles. The summed E-state index contributed by atoms with van der Waals surface area (Å²) in [4.78, 5) is 17.1. The predicted molar refractivity (Wildman–Crippen MR) is 62.6 cm³/mol. The maximum absolute atomic E-state index is 11.5. The van der Waals surface area contributed by atoms with Gasteiger partial charge in [0.05, 0.1) is 0 Å². The molecular formula is C10H22N4O. The van der Waals surface area contributed by atoms with Crippen LogP contribution in [0.3, 0.4) is 0 Å². The topological polar surface area (TPSA) is 70.7 Å². The van der Waals surface area contributed by atoms with Crippen LogP contribution in [0.15, 0.2) is 4.99 Å². The Bertz CT molecular complexity index is 236. The number of likely N-dealkylation sites (N-methyl/N-ethyl adjacent to an activating group) is 1. The first-order valence-corrected chi connectivity index (χ1v) is 5.12. The quantitative estimate of drug-likeness (QED) is 0.512. The molecular weight excluding hydrogens is 192 g/mol. The lowest BCUT2D eigenvalue weighted by molar-refractivity contribution is -0.130. The summed E-state index contributed by atoms with van der Waals surface area (Å²) in [5, 5.41) is 2.85. The summed E-state index contributed by atoms with van der Waals surface area (Å²) < 4.78 is 0. The highest BCUT2D eigenvalue weighted by Gasteiger charge is 2.14. The Morgan fingerprint density at radius 1 is 1.40 bits per heavy atom. The number of nitrogens with two attached hydrogens (primary N) is 1. The third-order valence-corrected chi connectivity index (χ3v) is 1.80. The fourth-order valence-corrected chi connectivity index (χ4v) is 0.997. The molecule has 0 aromatic heterocycles. The number of guanidine groups is 1. The van der Waals surface area contributed by atoms with E-state index in [1.54, 1.807) is 21.0 Å². The molecule has 0 spiro atoms. The molecule has 0 aliphatic carbocycles. The van der Waals surface area contributed by atoms with Gasteiger partial charge in [0.2, 0.25) is 5.91 Å². The monoisotopic (exact) mass is 214 g/mol. The molecule has 0 saturated heterocycles. The highest BCUT2D eigenvalue weighted by molar-refractivity contribution is 5.87. The molecule has 0 aromatic carbocycles. The standard InChI is InChI=1S/C10H22N4O/c1-7(2)6-12-10(11)13-8(3)9(15)14(4)5/h7-8H,6H2,1-5H3,(H3,11,12,13). The van der Waals surface area contributed by atoms with Crippen molar-refractivity contribution < 1.29 is 4.79 Å². The summed E-state index contributed by atoms with van der Waals surface area (Å²) >= 11 is 0. The zero-order valence-electron chi connectivity index (χ0n) is 10.2. The first-order valence-electron chi connectivity index (χ1n) is 5.12. The molecule has 1 atom stereocenters. The number of aliphatic imine (C=N–C) groups is 1. The van der Waals surface area contributed by atoms with Crippen LogP contribution in [0, 0.1) is 5.92 Å². The lowest BCUT2D eigenvalue weighted by atomic mass is 10.2. The SMILES string of the molecule is CC(C)CN=C(N)NC(C)C(=O)N(C)C. The van der Waals surface area contributed by atoms with Crippen molar-refractivity contribution in [3.63, 3.8) is 0 Å². The van der Waals surface area contributed by atoms with Gasteiger partial charge >= 0.3 is 0 Å². The Morgan fingerprint density at radius 3 is 2.33 bits per heavy atom. The molecule has 5 heteroatoms. The number of hydrogen-bond acceptors (Lipinski definition) is 2. The van der Waals surface area contributed by atoms with Crippen molar-refractivity contribution in [3.8, 4) is 0 Å². The molecule has 0 heterocycles. The number of carbonyl (C=O) groups is 1. The number of hydrogen-bond donors (Lipinski definition) is 2. The molecule has 1 amide bonds. The molecule has 15 heavy (non-hydrogen) atoms. The van der Waals surface area contributed by atoms with Gasteiger partial charge in [-0.2, -0.15) is 0 Å². The van der Waals surface area contributed by atoms with Crippen LogP contribution in [-0.2, 0) is 4.79 Å². The van der Waals surface area contributed by atoms with Crippen LogP contribution >= 0.6 is 0 Å². The summed E-state index contributed by atoms with van der Waals surface area (Å²) in [6.07, 6.45) is 0. The van der Waals surface area contributed by atoms with Crippen LogP contribution < -0.4 is 11.1 Å². The van der Waals surface area contributed by atoms with E-state index in [0.717, 1.165) is 0 Å². The van der Waals surface area contributed by atoms with Gasteiger partial charge in [0, 0.05) is 20.6 Å². The van der Waals surface area contributed by atoms with Gasteiger partial charge in [0.1, 0.15) is 6.04 Å². The first-order chi connectivity index (χ1) is 6.84. The zero-order valence-corrected chi connectivity index (χ0v) is 10.2. The lowest BCUT2D eigenvalue weighted by Crippen LogP contribution is -2.47. The van der Waals surface area contributed by atoms with E-state index in [4.69, 9.17) is 5.73 Å². The summed E-state index contributed by atoms with van der Waals surface area (Å²) in [5.41, 5.74) is 5.63. The fraction of sp³-hybridized carbons (Fsp3) is 0.800. The molecule has 88 valence electrons. The van der Waals surface area contributed by atoms with E-state index in [9.17, 15) is 4.79 Å². The summed E-state index contributed by atoms with van der Waals surface area (Å²) in [6, 6.07) is -0.337. The van der Waals surface area contributed by atoms with Gasteiger partial charge in [-0.25, -0.2) is 0 Å². The maximum Gasteiger partial charge on any atom is 0.244 e. The van der Waals surface area contributed by atoms with Crippen LogP contribution in [0.2, 0.25) is 0 Å². The van der Waals surface area contributed by atoms with Crippen LogP contribution in [0.4, 0.5) is 0 Å². The van der Waals surface area contributed by atoms with E-state index in [2.05, 4.69) is 24.2 Å². The predicted octanol–water partition coefficient (Wildman–Crippen LogP) is 0.0234. The minimum Gasteiger partial charge on any atom is -0.370 e. The normalized spacial score (nSPS) is 13.9. The van der Waals surface area contributed by atoms with Crippen LogP contribution in [0.25, 0.3) is 0 Å². The average Bonchev–Trinajstić information content (AvgIpc) is 2.13. The number of carbonyl (C=O) groups excluding carboxylic acids is 1. The zero-order chi connectivity index (χ0) is 12.0. The Labute approximate surface area is 91.7 Å². The van der Waals surface area contributed by atoms with E-state index in [0.29, 0.717) is 18.4 Å². The second-order valence-electron chi connectivity index (χ2n) is 4.22. The molecule has 0 saturated carbocycles. The molecule has 0 rings (SSSR count). The average molecular weight is 214 g/mol. The van der Waals surface area contributed by atoms with Gasteiger partial charge in [-0.3, -0.25) is 9.79 Å². The van der Waals surface area contributed by atoms with Crippen molar-refractivity contribution in [1.29, 1.82) is 0 Å². The largest absolute Gasteiger partial charge is 0.370 e. The molecule has 5 nitrogen and oxygen atoms in total. The van der Waals surface area contributed by atoms with Crippen molar-refractivity contribution in [2.75, 3.05) is 20.6 Å². The number of nitrogens with one attached hydrogen (secondary N) is 1. The molecule has 0 bridgehead atoms. The highest BCUT2D eigenvalue weighted by Crippen LogP contribution is 1.92. The van der Waals surface area contributed by atoms with Gasteiger partial charge in [-0.1, -0.05) is 13.8 Å². The molecule has 0 fully saturated rings. The van der Waals surface area contributed by atoms with E-state index in [-0.39, 0.29) is 11.9 Å². The van der Waals surface area contributed by atoms with E-state index < -0.39 is 0 Å². The van der Waals surface area contributed by atoms with Gasteiger partial charge < -0.3 is 16.0 Å². The number of nitrogens with zero attached hydrogens (tertiary/aromatic N) is 2. The summed E-state index contributed by atoms with van der Waals surface area (Å²) in [6.45, 7) is 6.55. The minimum atomic E-state index is -0.337. The van der Waals surface area contributed by atoms with Crippen molar-refractivity contribution >= 4 is 11.9 Å². The molecule has 1 unspecified atom stereocenters. The Morgan fingerprint density at radius 2 is 1.93 bits per heavy atom.